The highest BCUT2D eigenvalue weighted by Gasteiger charge is 2.21. The van der Waals surface area contributed by atoms with Crippen LogP contribution in [0.5, 0.6) is 0 Å². The number of amides is 1. The fraction of sp³-hybridized carbons (Fsp3) is 0.407. The summed E-state index contributed by atoms with van der Waals surface area (Å²) in [7, 11) is 0. The summed E-state index contributed by atoms with van der Waals surface area (Å²) in [6, 6.07) is 12.8. The van der Waals surface area contributed by atoms with Crippen molar-refractivity contribution in [2.75, 3.05) is 0 Å². The van der Waals surface area contributed by atoms with Crippen LogP contribution < -0.4 is 16.6 Å². The lowest BCUT2D eigenvalue weighted by Crippen LogP contribution is -2.36. The van der Waals surface area contributed by atoms with E-state index in [1.165, 1.54) is 20.1 Å². The van der Waals surface area contributed by atoms with Crippen molar-refractivity contribution in [3.63, 3.8) is 0 Å². The molecular weight excluding hydrogens is 442 g/mol. The van der Waals surface area contributed by atoms with E-state index in [4.69, 9.17) is 0 Å². The van der Waals surface area contributed by atoms with E-state index >= 15 is 0 Å². The molecule has 1 aliphatic rings. The fourth-order valence-corrected chi connectivity index (χ4v) is 4.97. The number of carbonyl (C=O) groups excluding carboxylic acids is 1. The normalized spacial score (nSPS) is 14.7. The monoisotopic (exact) mass is 473 g/mol. The molecule has 4 aromatic rings. The largest absolute Gasteiger partial charge is 0.352 e. The number of carbonyl (C=O) groups is 1. The van der Waals surface area contributed by atoms with Crippen LogP contribution in [0.15, 0.2) is 52.1 Å². The Balaban J connectivity index is 1.65. The van der Waals surface area contributed by atoms with Crippen molar-refractivity contribution in [3.8, 4) is 0 Å². The van der Waals surface area contributed by atoms with E-state index in [1.54, 1.807) is 18.2 Å². The zero-order valence-corrected chi connectivity index (χ0v) is 20.5. The summed E-state index contributed by atoms with van der Waals surface area (Å²) in [6.45, 7) is 6.08. The van der Waals surface area contributed by atoms with Gasteiger partial charge in [0.05, 0.1) is 17.4 Å². The lowest BCUT2D eigenvalue weighted by atomic mass is 9.95. The third-order valence-corrected chi connectivity index (χ3v) is 6.90. The van der Waals surface area contributed by atoms with Gasteiger partial charge in [-0.05, 0) is 57.4 Å². The van der Waals surface area contributed by atoms with Crippen LogP contribution in [0.4, 0.5) is 0 Å². The predicted octanol–water partition coefficient (Wildman–Crippen LogP) is 3.81. The average molecular weight is 474 g/mol. The Bertz CT molecular complexity index is 1520. The Morgan fingerprint density at radius 2 is 1.77 bits per heavy atom. The summed E-state index contributed by atoms with van der Waals surface area (Å²) in [6.07, 6.45) is 5.40. The average Bonchev–Trinajstić information content (AvgIpc) is 3.16. The third-order valence-electron chi connectivity index (χ3n) is 6.90. The molecule has 2 aromatic heterocycles. The fourth-order valence-electron chi connectivity index (χ4n) is 4.97. The van der Waals surface area contributed by atoms with E-state index in [0.29, 0.717) is 16.5 Å². The molecule has 0 atom stereocenters. The molecule has 35 heavy (non-hydrogen) atoms. The molecule has 2 heterocycles. The molecule has 8 heteroatoms. The van der Waals surface area contributed by atoms with Crippen molar-refractivity contribution in [1.29, 1.82) is 0 Å². The van der Waals surface area contributed by atoms with E-state index in [0.717, 1.165) is 36.8 Å². The van der Waals surface area contributed by atoms with Crippen LogP contribution in [0.2, 0.25) is 0 Å². The summed E-state index contributed by atoms with van der Waals surface area (Å²) in [4.78, 5) is 40.0. The maximum absolute atomic E-state index is 13.5. The highest BCUT2D eigenvalue weighted by molar-refractivity contribution is 5.98. The number of hydrogen-bond donors (Lipinski definition) is 1. The molecule has 8 nitrogen and oxygen atoms in total. The molecule has 0 radical (unpaired) electrons. The molecule has 1 amide bonds. The van der Waals surface area contributed by atoms with Gasteiger partial charge in [0.2, 0.25) is 5.78 Å². The quantitative estimate of drug-likeness (QED) is 0.477. The number of benzene rings is 2. The number of hydrogen-bond acceptors (Lipinski definition) is 4. The molecule has 0 bridgehead atoms. The topological polar surface area (TPSA) is 90.4 Å². The van der Waals surface area contributed by atoms with Gasteiger partial charge in [-0.1, -0.05) is 49.1 Å². The zero-order valence-electron chi connectivity index (χ0n) is 20.5. The molecule has 0 spiro atoms. The number of aromatic nitrogens is 4. The first-order valence-electron chi connectivity index (χ1n) is 12.4. The molecule has 1 fully saturated rings. The number of aryl methyl sites for hydroxylation is 1. The van der Waals surface area contributed by atoms with Gasteiger partial charge in [0.15, 0.2) is 0 Å². The first-order valence-corrected chi connectivity index (χ1v) is 12.4. The van der Waals surface area contributed by atoms with Crippen molar-refractivity contribution >= 4 is 22.6 Å². The molecule has 2 aromatic carbocycles. The van der Waals surface area contributed by atoms with Gasteiger partial charge in [0.25, 0.3) is 11.5 Å². The van der Waals surface area contributed by atoms with Gasteiger partial charge in [0, 0.05) is 17.6 Å². The summed E-state index contributed by atoms with van der Waals surface area (Å²) in [5, 5.41) is 8.06. The van der Waals surface area contributed by atoms with E-state index < -0.39 is 0 Å². The zero-order chi connectivity index (χ0) is 24.7. The summed E-state index contributed by atoms with van der Waals surface area (Å²) >= 11 is 0. The second-order valence-corrected chi connectivity index (χ2v) is 9.87. The second kappa shape index (κ2) is 9.17. The minimum atomic E-state index is -0.343. The van der Waals surface area contributed by atoms with E-state index in [9.17, 15) is 14.4 Å². The smallest absolute Gasteiger partial charge is 0.349 e. The minimum Gasteiger partial charge on any atom is -0.349 e. The lowest BCUT2D eigenvalue weighted by molar-refractivity contribution is 0.0928. The van der Waals surface area contributed by atoms with E-state index in [2.05, 4.69) is 10.4 Å². The SMILES string of the molecule is Cc1ccc(Cn2nc3n(C(C)C)c(=O)c4ccc(C(=O)NC5CCCCC5)cc4n3c2=O)cc1. The van der Waals surface area contributed by atoms with E-state index in [-0.39, 0.29) is 41.6 Å². The van der Waals surface area contributed by atoms with Gasteiger partial charge in [-0.2, -0.15) is 0 Å². The molecule has 0 aliphatic heterocycles. The van der Waals surface area contributed by atoms with Gasteiger partial charge in [0.1, 0.15) is 0 Å². The van der Waals surface area contributed by atoms with Gasteiger partial charge in [-0.25, -0.2) is 13.9 Å². The Labute approximate surface area is 203 Å². The lowest BCUT2D eigenvalue weighted by Gasteiger charge is -2.22. The molecular formula is C27H31N5O3. The highest BCUT2D eigenvalue weighted by atomic mass is 16.2. The Morgan fingerprint density at radius 3 is 2.46 bits per heavy atom. The molecule has 5 rings (SSSR count). The number of fused-ring (bicyclic) bond motifs is 3. The molecule has 1 saturated carbocycles. The summed E-state index contributed by atoms with van der Waals surface area (Å²) in [5.41, 5.74) is 2.34. The third kappa shape index (κ3) is 4.29. The van der Waals surface area contributed by atoms with Crippen LogP contribution in [-0.2, 0) is 6.54 Å². The number of nitrogens with one attached hydrogen (secondary N) is 1. The summed E-state index contributed by atoms with van der Waals surface area (Å²) in [5.74, 6) is 0.0968. The Morgan fingerprint density at radius 1 is 1.06 bits per heavy atom. The maximum Gasteiger partial charge on any atom is 0.352 e. The van der Waals surface area contributed by atoms with Crippen molar-refractivity contribution in [2.45, 2.75) is 71.5 Å². The minimum absolute atomic E-state index is 0.167. The van der Waals surface area contributed by atoms with Crippen molar-refractivity contribution in [2.24, 2.45) is 0 Å². The van der Waals surface area contributed by atoms with Crippen LogP contribution in [0.3, 0.4) is 0 Å². The molecule has 182 valence electrons. The number of nitrogens with zero attached hydrogens (tertiary/aromatic N) is 4. The first kappa shape index (κ1) is 23.1. The van der Waals surface area contributed by atoms with Crippen LogP contribution in [0.1, 0.15) is 73.5 Å². The second-order valence-electron chi connectivity index (χ2n) is 9.87. The molecule has 1 aliphatic carbocycles. The highest BCUT2D eigenvalue weighted by Crippen LogP contribution is 2.20. The maximum atomic E-state index is 13.5. The van der Waals surface area contributed by atoms with Crippen LogP contribution >= 0.6 is 0 Å². The Kier molecular flexibility index (Phi) is 6.05. The molecule has 0 saturated heterocycles. The number of rotatable bonds is 5. The standard InChI is InChI=1S/C27H31N5O3/c1-17(2)31-25(34)22-14-13-20(24(33)28-21-7-5-4-6-8-21)15-23(22)32-26(31)29-30(27(32)35)16-19-11-9-18(3)10-12-19/h9-15,17,21H,4-8,16H2,1-3H3,(H,28,33). The van der Waals surface area contributed by atoms with Crippen LogP contribution in [-0.4, -0.2) is 30.7 Å². The predicted molar refractivity (Wildman–Crippen MR) is 136 cm³/mol. The Hall–Kier alpha value is -3.68. The van der Waals surface area contributed by atoms with Crippen molar-refractivity contribution in [1.82, 2.24) is 24.1 Å². The van der Waals surface area contributed by atoms with Gasteiger partial charge >= 0.3 is 5.69 Å². The van der Waals surface area contributed by atoms with Gasteiger partial charge < -0.3 is 5.32 Å². The van der Waals surface area contributed by atoms with Crippen LogP contribution in [0, 0.1) is 6.92 Å². The van der Waals surface area contributed by atoms with Crippen LogP contribution in [0.25, 0.3) is 16.7 Å². The van der Waals surface area contributed by atoms with E-state index in [1.807, 2.05) is 45.0 Å². The van der Waals surface area contributed by atoms with Gasteiger partial charge in [-0.15, -0.1) is 5.10 Å². The van der Waals surface area contributed by atoms with Gasteiger partial charge in [-0.3, -0.25) is 14.2 Å². The molecule has 1 N–H and O–H groups in total. The van der Waals surface area contributed by atoms with Crippen molar-refractivity contribution in [3.05, 3.63) is 80.0 Å². The van der Waals surface area contributed by atoms with Crippen molar-refractivity contribution < 1.29 is 4.79 Å². The first-order chi connectivity index (χ1) is 16.8. The summed E-state index contributed by atoms with van der Waals surface area (Å²) < 4.78 is 4.38. The molecule has 0 unspecified atom stereocenters.